The third-order valence-corrected chi connectivity index (χ3v) is 5.38. The van der Waals surface area contributed by atoms with E-state index in [1.807, 2.05) is 0 Å². The van der Waals surface area contributed by atoms with Crippen LogP contribution in [0.3, 0.4) is 0 Å². The van der Waals surface area contributed by atoms with Gasteiger partial charge in [-0.1, -0.05) is 0 Å². The minimum Gasteiger partial charge on any atom is -0.497 e. The molecule has 1 fully saturated rings. The van der Waals surface area contributed by atoms with E-state index in [1.165, 1.54) is 19.2 Å². The summed E-state index contributed by atoms with van der Waals surface area (Å²) in [4.78, 5) is 10.8. The second-order valence-electron chi connectivity index (χ2n) is 5.56. The minimum atomic E-state index is -3.78. The molecule has 1 aromatic rings. The molecule has 0 spiro atoms. The van der Waals surface area contributed by atoms with Gasteiger partial charge in [0, 0.05) is 0 Å². The van der Waals surface area contributed by atoms with Crippen LogP contribution in [0.15, 0.2) is 29.2 Å². The molecule has 9 heteroatoms. The molecule has 2 rings (SSSR count). The summed E-state index contributed by atoms with van der Waals surface area (Å²) in [6, 6.07) is 5.31. The molecule has 3 atom stereocenters. The van der Waals surface area contributed by atoms with E-state index >= 15 is 0 Å². The number of aliphatic carboxylic acids is 1. The number of carboxylic acids is 1. The van der Waals surface area contributed by atoms with Gasteiger partial charge < -0.3 is 19.7 Å². The normalized spacial score (nSPS) is 24.5. The number of benzene rings is 1. The summed E-state index contributed by atoms with van der Waals surface area (Å²) >= 11 is 0. The van der Waals surface area contributed by atoms with Crippen molar-refractivity contribution in [3.8, 4) is 5.75 Å². The van der Waals surface area contributed by atoms with Gasteiger partial charge in [0.05, 0.1) is 43.3 Å². The highest BCUT2D eigenvalue weighted by Crippen LogP contribution is 2.24. The minimum absolute atomic E-state index is 0.0765. The monoisotopic (exact) mass is 359 g/mol. The van der Waals surface area contributed by atoms with Gasteiger partial charge in [-0.3, -0.25) is 4.79 Å². The van der Waals surface area contributed by atoms with Crippen LogP contribution in [0.2, 0.25) is 0 Å². The van der Waals surface area contributed by atoms with Crippen LogP contribution in [0.25, 0.3) is 0 Å². The third-order valence-electron chi connectivity index (χ3n) is 3.87. The SMILES string of the molecule is COc1ccc(S(=O)(=O)N[C@H]2CC[C@@H](CC(=O)O)O[C@H]2CO)cc1. The van der Waals surface area contributed by atoms with Crippen LogP contribution in [-0.2, 0) is 19.6 Å². The molecule has 24 heavy (non-hydrogen) atoms. The maximum atomic E-state index is 12.4. The standard InChI is InChI=1S/C15H21NO7S/c1-22-10-2-5-12(6-3-10)24(20,21)16-13-7-4-11(8-15(18)19)23-14(13)9-17/h2-3,5-6,11,13-14,16-17H,4,7-9H2,1H3,(H,18,19)/t11-,13-,14-/m0/s1. The molecule has 8 nitrogen and oxygen atoms in total. The van der Waals surface area contributed by atoms with Crippen molar-refractivity contribution in [3.63, 3.8) is 0 Å². The summed E-state index contributed by atoms with van der Waals surface area (Å²) < 4.78 is 37.9. The van der Waals surface area contributed by atoms with Gasteiger partial charge in [-0.25, -0.2) is 13.1 Å². The topological polar surface area (TPSA) is 122 Å². The number of methoxy groups -OCH3 is 1. The summed E-state index contributed by atoms with van der Waals surface area (Å²) in [7, 11) is -2.29. The van der Waals surface area contributed by atoms with Crippen LogP contribution < -0.4 is 9.46 Å². The Morgan fingerprint density at radius 3 is 2.54 bits per heavy atom. The fourth-order valence-electron chi connectivity index (χ4n) is 2.63. The molecule has 0 bridgehead atoms. The molecule has 1 aromatic carbocycles. The van der Waals surface area contributed by atoms with E-state index in [1.54, 1.807) is 12.1 Å². The number of hydrogen-bond acceptors (Lipinski definition) is 6. The largest absolute Gasteiger partial charge is 0.497 e. The van der Waals surface area contributed by atoms with Crippen molar-refractivity contribution in [2.45, 2.75) is 42.4 Å². The van der Waals surface area contributed by atoms with Crippen LogP contribution in [0.5, 0.6) is 5.75 Å². The number of ether oxygens (including phenoxy) is 2. The lowest BCUT2D eigenvalue weighted by Gasteiger charge is -2.35. The van der Waals surface area contributed by atoms with Gasteiger partial charge in [0.1, 0.15) is 5.75 Å². The molecule has 0 amide bonds. The van der Waals surface area contributed by atoms with Crippen molar-refractivity contribution < 1.29 is 32.9 Å². The Morgan fingerprint density at radius 2 is 2.00 bits per heavy atom. The van der Waals surface area contributed by atoms with E-state index in [-0.39, 0.29) is 11.3 Å². The molecule has 1 aliphatic heterocycles. The van der Waals surface area contributed by atoms with Gasteiger partial charge in [0.15, 0.2) is 0 Å². The smallest absolute Gasteiger partial charge is 0.305 e. The molecule has 1 heterocycles. The highest BCUT2D eigenvalue weighted by molar-refractivity contribution is 7.89. The number of carboxylic acid groups (broad SMARTS) is 1. The Hall–Kier alpha value is -1.68. The lowest BCUT2D eigenvalue weighted by atomic mass is 9.98. The molecule has 0 aliphatic carbocycles. The van der Waals surface area contributed by atoms with Crippen LogP contribution >= 0.6 is 0 Å². The van der Waals surface area contributed by atoms with Gasteiger partial charge in [-0.15, -0.1) is 0 Å². The quantitative estimate of drug-likeness (QED) is 0.642. The fraction of sp³-hybridized carbons (Fsp3) is 0.533. The highest BCUT2D eigenvalue weighted by Gasteiger charge is 2.34. The number of aliphatic hydroxyl groups excluding tert-OH is 1. The zero-order valence-corrected chi connectivity index (χ0v) is 14.0. The van der Waals surface area contributed by atoms with E-state index in [4.69, 9.17) is 14.6 Å². The molecular weight excluding hydrogens is 338 g/mol. The molecule has 0 radical (unpaired) electrons. The number of aliphatic hydroxyl groups is 1. The van der Waals surface area contributed by atoms with Crippen LogP contribution in [-0.4, -0.2) is 56.6 Å². The maximum Gasteiger partial charge on any atom is 0.305 e. The number of carbonyl (C=O) groups is 1. The average molecular weight is 359 g/mol. The molecule has 0 saturated carbocycles. The van der Waals surface area contributed by atoms with Crippen molar-refractivity contribution in [2.75, 3.05) is 13.7 Å². The van der Waals surface area contributed by atoms with E-state index in [9.17, 15) is 18.3 Å². The van der Waals surface area contributed by atoms with Crippen molar-refractivity contribution in [2.24, 2.45) is 0 Å². The van der Waals surface area contributed by atoms with Gasteiger partial charge in [-0.05, 0) is 37.1 Å². The number of hydrogen-bond donors (Lipinski definition) is 3. The lowest BCUT2D eigenvalue weighted by molar-refractivity contribution is -0.145. The van der Waals surface area contributed by atoms with Crippen molar-refractivity contribution in [1.82, 2.24) is 4.72 Å². The second kappa shape index (κ2) is 7.93. The first-order valence-electron chi connectivity index (χ1n) is 7.50. The van der Waals surface area contributed by atoms with Crippen LogP contribution in [0.1, 0.15) is 19.3 Å². The zero-order valence-electron chi connectivity index (χ0n) is 13.2. The number of nitrogens with one attached hydrogen (secondary N) is 1. The third kappa shape index (κ3) is 4.67. The van der Waals surface area contributed by atoms with Gasteiger partial charge in [0.25, 0.3) is 0 Å². The molecule has 1 saturated heterocycles. The Morgan fingerprint density at radius 1 is 1.33 bits per heavy atom. The molecule has 134 valence electrons. The first-order valence-corrected chi connectivity index (χ1v) is 8.98. The fourth-order valence-corrected chi connectivity index (χ4v) is 3.93. The average Bonchev–Trinajstić information content (AvgIpc) is 2.55. The van der Waals surface area contributed by atoms with Crippen LogP contribution in [0, 0.1) is 0 Å². The van der Waals surface area contributed by atoms with Gasteiger partial charge in [0.2, 0.25) is 10.0 Å². The summed E-state index contributed by atoms with van der Waals surface area (Å²) in [5.74, 6) is -0.450. The molecule has 0 unspecified atom stereocenters. The van der Waals surface area contributed by atoms with E-state index < -0.39 is 40.8 Å². The summed E-state index contributed by atoms with van der Waals surface area (Å²) in [5, 5.41) is 18.2. The number of rotatable bonds is 7. The Bertz CT molecular complexity index is 659. The first kappa shape index (κ1) is 18.7. The Kier molecular flexibility index (Phi) is 6.16. The van der Waals surface area contributed by atoms with E-state index in [0.717, 1.165) is 0 Å². The first-order chi connectivity index (χ1) is 11.4. The van der Waals surface area contributed by atoms with Crippen LogP contribution in [0.4, 0.5) is 0 Å². The predicted octanol–water partition coefficient (Wildman–Crippen LogP) is 0.357. The molecule has 0 aromatic heterocycles. The second-order valence-corrected chi connectivity index (χ2v) is 7.27. The van der Waals surface area contributed by atoms with Crippen molar-refractivity contribution in [1.29, 1.82) is 0 Å². The van der Waals surface area contributed by atoms with Crippen molar-refractivity contribution >= 4 is 16.0 Å². The lowest BCUT2D eigenvalue weighted by Crippen LogP contribution is -2.51. The van der Waals surface area contributed by atoms with E-state index in [2.05, 4.69) is 4.72 Å². The summed E-state index contributed by atoms with van der Waals surface area (Å²) in [5.41, 5.74) is 0. The van der Waals surface area contributed by atoms with Gasteiger partial charge in [-0.2, -0.15) is 0 Å². The highest BCUT2D eigenvalue weighted by atomic mass is 32.2. The molecule has 3 N–H and O–H groups in total. The molecular formula is C15H21NO7S. The zero-order chi connectivity index (χ0) is 17.7. The summed E-state index contributed by atoms with van der Waals surface area (Å²) in [6.45, 7) is -0.397. The Labute approximate surface area is 140 Å². The van der Waals surface area contributed by atoms with E-state index in [0.29, 0.717) is 18.6 Å². The molecule has 1 aliphatic rings. The number of sulfonamides is 1. The maximum absolute atomic E-state index is 12.4. The summed E-state index contributed by atoms with van der Waals surface area (Å²) in [6.07, 6.45) is -0.691. The Balaban J connectivity index is 2.06. The predicted molar refractivity (Wildman–Crippen MR) is 84.3 cm³/mol. The van der Waals surface area contributed by atoms with Gasteiger partial charge >= 0.3 is 5.97 Å². The van der Waals surface area contributed by atoms with Crippen molar-refractivity contribution in [3.05, 3.63) is 24.3 Å².